The monoisotopic (exact) mass is 293 g/mol. The first-order chi connectivity index (χ1) is 10.3. The number of nitrogens with zero attached hydrogens (tertiary/aromatic N) is 2. The van der Waals surface area contributed by atoms with Crippen molar-refractivity contribution in [2.24, 2.45) is 0 Å². The molecular weight excluding hydrogens is 278 g/mol. The molecule has 0 aliphatic heterocycles. The van der Waals surface area contributed by atoms with Gasteiger partial charge in [0.15, 0.2) is 4.77 Å². The highest BCUT2D eigenvalue weighted by molar-refractivity contribution is 7.71. The fourth-order valence-corrected chi connectivity index (χ4v) is 3.40. The summed E-state index contributed by atoms with van der Waals surface area (Å²) in [5.74, 6) is 1.41. The smallest absolute Gasteiger partial charge is 0.199 e. The van der Waals surface area contributed by atoms with Crippen LogP contribution in [0.4, 0.5) is 0 Å². The molecule has 1 heterocycles. The molecule has 3 aromatic rings. The molecule has 0 radical (unpaired) electrons. The number of hydrogen-bond donors (Lipinski definition) is 1. The van der Waals surface area contributed by atoms with Crippen LogP contribution in [0.5, 0.6) is 0 Å². The molecule has 4 heteroatoms. The minimum Gasteiger partial charge on any atom is -0.272 e. The second kappa shape index (κ2) is 4.97. The van der Waals surface area contributed by atoms with Gasteiger partial charge in [0.05, 0.1) is 0 Å². The Bertz CT molecular complexity index is 807. The van der Waals surface area contributed by atoms with Crippen LogP contribution in [0.1, 0.15) is 22.9 Å². The van der Waals surface area contributed by atoms with Crippen LogP contribution in [0.3, 0.4) is 0 Å². The number of rotatable bonds is 2. The highest BCUT2D eigenvalue weighted by Crippen LogP contribution is 2.33. The van der Waals surface area contributed by atoms with Crippen LogP contribution >= 0.6 is 12.2 Å². The van der Waals surface area contributed by atoms with Crippen LogP contribution in [-0.2, 0) is 12.8 Å². The van der Waals surface area contributed by atoms with Gasteiger partial charge in [-0.3, -0.25) is 9.67 Å². The maximum absolute atomic E-state index is 5.42. The Morgan fingerprint density at radius 1 is 0.952 bits per heavy atom. The van der Waals surface area contributed by atoms with E-state index in [-0.39, 0.29) is 0 Å². The molecule has 1 aromatic heterocycles. The van der Waals surface area contributed by atoms with E-state index in [0.29, 0.717) is 10.7 Å². The van der Waals surface area contributed by atoms with E-state index in [4.69, 9.17) is 12.2 Å². The van der Waals surface area contributed by atoms with Gasteiger partial charge in [0.25, 0.3) is 0 Å². The number of aromatic nitrogens is 3. The van der Waals surface area contributed by atoms with Crippen LogP contribution in [0.25, 0.3) is 5.69 Å². The number of H-pyrrole nitrogens is 1. The average Bonchev–Trinajstić information content (AvgIpc) is 3.11. The molecule has 104 valence electrons. The molecule has 0 amide bonds. The molecule has 4 rings (SSSR count). The van der Waals surface area contributed by atoms with Crippen molar-refractivity contribution in [2.75, 3.05) is 0 Å². The van der Waals surface area contributed by atoms with Gasteiger partial charge in [0.1, 0.15) is 5.82 Å². The Morgan fingerprint density at radius 3 is 2.24 bits per heavy atom. The summed E-state index contributed by atoms with van der Waals surface area (Å²) in [6.07, 6.45) is 2.06. The molecule has 21 heavy (non-hydrogen) atoms. The Kier molecular flexibility index (Phi) is 2.97. The largest absolute Gasteiger partial charge is 0.272 e. The summed E-state index contributed by atoms with van der Waals surface area (Å²) in [5, 5.41) is 7.46. The minimum absolute atomic E-state index is 0.385. The van der Waals surface area contributed by atoms with E-state index in [1.54, 1.807) is 0 Å². The van der Waals surface area contributed by atoms with E-state index < -0.39 is 0 Å². The lowest BCUT2D eigenvalue weighted by molar-refractivity contribution is 0.663. The molecule has 0 saturated carbocycles. The Hall–Kier alpha value is -2.20. The highest BCUT2D eigenvalue weighted by Gasteiger charge is 2.27. The van der Waals surface area contributed by atoms with Crippen LogP contribution in [0.2, 0.25) is 0 Å². The van der Waals surface area contributed by atoms with Gasteiger partial charge >= 0.3 is 0 Å². The number of aromatic amines is 1. The maximum Gasteiger partial charge on any atom is 0.199 e. The maximum atomic E-state index is 5.42. The van der Waals surface area contributed by atoms with Gasteiger partial charge in [0.2, 0.25) is 0 Å². The zero-order valence-corrected chi connectivity index (χ0v) is 12.3. The average molecular weight is 293 g/mol. The van der Waals surface area contributed by atoms with Crippen molar-refractivity contribution < 1.29 is 0 Å². The van der Waals surface area contributed by atoms with Gasteiger partial charge in [-0.15, -0.1) is 0 Å². The van der Waals surface area contributed by atoms with Crippen molar-refractivity contribution in [1.29, 1.82) is 0 Å². The van der Waals surface area contributed by atoms with Crippen LogP contribution < -0.4 is 0 Å². The lowest BCUT2D eigenvalue weighted by Gasteiger charge is -2.11. The molecular formula is C17H15N3S. The number of fused-ring (bicyclic) bond motifs is 1. The second-order valence-corrected chi connectivity index (χ2v) is 5.82. The van der Waals surface area contributed by atoms with E-state index in [9.17, 15) is 0 Å². The van der Waals surface area contributed by atoms with E-state index in [1.165, 1.54) is 11.1 Å². The third-order valence-corrected chi connectivity index (χ3v) is 4.40. The second-order valence-electron chi connectivity index (χ2n) is 5.43. The third-order valence-electron chi connectivity index (χ3n) is 4.13. The lowest BCUT2D eigenvalue weighted by Crippen LogP contribution is -2.08. The first kappa shape index (κ1) is 12.5. The SMILES string of the molecule is S=c1[nH]nc(C2Cc3ccccc3C2)n1-c1ccccc1. The first-order valence-corrected chi connectivity index (χ1v) is 7.53. The molecule has 1 aliphatic rings. The number of nitrogens with one attached hydrogen (secondary N) is 1. The van der Waals surface area contributed by atoms with Crippen molar-refractivity contribution in [3.63, 3.8) is 0 Å². The van der Waals surface area contributed by atoms with Crippen molar-refractivity contribution >= 4 is 12.2 Å². The fraction of sp³-hybridized carbons (Fsp3) is 0.176. The molecule has 0 unspecified atom stereocenters. The standard InChI is InChI=1S/C17H15N3S/c21-17-19-18-16(20(17)15-8-2-1-3-9-15)14-10-12-6-4-5-7-13(12)11-14/h1-9,14H,10-11H2,(H,19,21). The van der Waals surface area contributed by atoms with Crippen molar-refractivity contribution in [3.8, 4) is 5.69 Å². The van der Waals surface area contributed by atoms with E-state index >= 15 is 0 Å². The van der Waals surface area contributed by atoms with E-state index in [1.807, 2.05) is 18.2 Å². The summed E-state index contributed by atoms with van der Waals surface area (Å²) in [7, 11) is 0. The third kappa shape index (κ3) is 2.12. The lowest BCUT2D eigenvalue weighted by atomic mass is 10.1. The number of para-hydroxylation sites is 1. The van der Waals surface area contributed by atoms with Gasteiger partial charge in [0, 0.05) is 11.6 Å². The molecule has 0 atom stereocenters. The number of benzene rings is 2. The zero-order valence-electron chi connectivity index (χ0n) is 11.5. The Morgan fingerprint density at radius 2 is 1.57 bits per heavy atom. The summed E-state index contributed by atoms with van der Waals surface area (Å²) < 4.78 is 2.72. The topological polar surface area (TPSA) is 33.6 Å². The van der Waals surface area contributed by atoms with Gasteiger partial charge in [-0.25, -0.2) is 0 Å². The Balaban J connectivity index is 1.77. The van der Waals surface area contributed by atoms with Crippen LogP contribution in [0, 0.1) is 4.77 Å². The minimum atomic E-state index is 0.385. The zero-order chi connectivity index (χ0) is 14.2. The van der Waals surface area contributed by atoms with E-state index in [2.05, 4.69) is 51.2 Å². The molecule has 0 saturated heterocycles. The summed E-state index contributed by atoms with van der Waals surface area (Å²) in [5.41, 5.74) is 3.93. The molecule has 1 N–H and O–H groups in total. The normalized spacial score (nSPS) is 14.3. The van der Waals surface area contributed by atoms with Gasteiger partial charge in [-0.2, -0.15) is 5.10 Å². The fourth-order valence-electron chi connectivity index (χ4n) is 3.15. The van der Waals surface area contributed by atoms with Crippen LogP contribution in [0.15, 0.2) is 54.6 Å². The van der Waals surface area contributed by atoms with Crippen molar-refractivity contribution in [1.82, 2.24) is 14.8 Å². The molecule has 0 fully saturated rings. The van der Waals surface area contributed by atoms with E-state index in [0.717, 1.165) is 24.4 Å². The molecule has 3 nitrogen and oxygen atoms in total. The first-order valence-electron chi connectivity index (χ1n) is 7.12. The highest BCUT2D eigenvalue weighted by atomic mass is 32.1. The predicted octanol–water partition coefficient (Wildman–Crippen LogP) is 3.81. The summed E-state index contributed by atoms with van der Waals surface area (Å²) >= 11 is 5.42. The molecule has 2 aromatic carbocycles. The number of hydrogen-bond acceptors (Lipinski definition) is 2. The van der Waals surface area contributed by atoms with Crippen molar-refractivity contribution in [2.45, 2.75) is 18.8 Å². The summed E-state index contributed by atoms with van der Waals surface area (Å²) in [6, 6.07) is 18.8. The van der Waals surface area contributed by atoms with Gasteiger partial charge < -0.3 is 0 Å². The van der Waals surface area contributed by atoms with Gasteiger partial charge in [-0.05, 0) is 48.3 Å². The molecule has 1 aliphatic carbocycles. The predicted molar refractivity (Wildman–Crippen MR) is 85.3 cm³/mol. The summed E-state index contributed by atoms with van der Waals surface area (Å²) in [6.45, 7) is 0. The quantitative estimate of drug-likeness (QED) is 0.729. The Labute approximate surface area is 128 Å². The van der Waals surface area contributed by atoms with Gasteiger partial charge in [-0.1, -0.05) is 42.5 Å². The molecule has 0 spiro atoms. The van der Waals surface area contributed by atoms with Crippen molar-refractivity contribution in [3.05, 3.63) is 76.3 Å². The van der Waals surface area contributed by atoms with Crippen LogP contribution in [-0.4, -0.2) is 14.8 Å². The summed E-state index contributed by atoms with van der Waals surface area (Å²) in [4.78, 5) is 0. The molecule has 0 bridgehead atoms.